The molecule has 0 radical (unpaired) electrons. The normalized spacial score (nSPS) is 11.7. The predicted molar refractivity (Wildman–Crippen MR) is 76.9 cm³/mol. The van der Waals surface area contributed by atoms with E-state index in [-0.39, 0.29) is 10.6 Å². The van der Waals surface area contributed by atoms with Crippen molar-refractivity contribution in [1.29, 1.82) is 0 Å². The van der Waals surface area contributed by atoms with Gasteiger partial charge in [-0.1, -0.05) is 11.6 Å². The van der Waals surface area contributed by atoms with Crippen LogP contribution in [-0.2, 0) is 14.8 Å². The highest BCUT2D eigenvalue weighted by atomic mass is 35.5. The van der Waals surface area contributed by atoms with E-state index in [1.54, 1.807) is 6.92 Å². The number of anilines is 1. The zero-order valence-corrected chi connectivity index (χ0v) is 12.6. The van der Waals surface area contributed by atoms with Crippen molar-refractivity contribution in [2.45, 2.75) is 25.2 Å². The van der Waals surface area contributed by atoms with Gasteiger partial charge in [0, 0.05) is 19.8 Å². The Hall–Kier alpha value is -0.820. The van der Waals surface area contributed by atoms with Crippen molar-refractivity contribution < 1.29 is 13.2 Å². The van der Waals surface area contributed by atoms with Gasteiger partial charge < -0.3 is 10.5 Å². The highest BCUT2D eigenvalue weighted by Gasteiger charge is 2.16. The molecule has 0 atom stereocenters. The second-order valence-electron chi connectivity index (χ2n) is 4.09. The largest absolute Gasteiger partial charge is 0.397 e. The molecule has 0 heterocycles. The van der Waals surface area contributed by atoms with Gasteiger partial charge >= 0.3 is 0 Å². The third-order valence-electron chi connectivity index (χ3n) is 2.53. The Kier molecular flexibility index (Phi) is 6.06. The molecule has 19 heavy (non-hydrogen) atoms. The van der Waals surface area contributed by atoms with Gasteiger partial charge in [0.05, 0.1) is 15.6 Å². The van der Waals surface area contributed by atoms with Crippen molar-refractivity contribution in [1.82, 2.24) is 4.72 Å². The average Bonchev–Trinajstić information content (AvgIpc) is 2.35. The summed E-state index contributed by atoms with van der Waals surface area (Å²) in [4.78, 5) is 0.128. The zero-order valence-electron chi connectivity index (χ0n) is 11.1. The van der Waals surface area contributed by atoms with Gasteiger partial charge in [-0.05, 0) is 38.0 Å². The Balaban J connectivity index is 2.72. The van der Waals surface area contributed by atoms with Gasteiger partial charge in [-0.25, -0.2) is 13.1 Å². The number of ether oxygens (including phenoxy) is 1. The summed E-state index contributed by atoms with van der Waals surface area (Å²) in [5, 5.41) is 0.385. The van der Waals surface area contributed by atoms with Crippen molar-refractivity contribution in [3.8, 4) is 0 Å². The van der Waals surface area contributed by atoms with Gasteiger partial charge in [-0.3, -0.25) is 0 Å². The van der Waals surface area contributed by atoms with E-state index in [0.29, 0.717) is 36.8 Å². The average molecular weight is 307 g/mol. The van der Waals surface area contributed by atoms with Gasteiger partial charge in [-0.15, -0.1) is 0 Å². The van der Waals surface area contributed by atoms with Crippen LogP contribution >= 0.6 is 11.6 Å². The minimum absolute atomic E-state index is 0.128. The van der Waals surface area contributed by atoms with Crippen LogP contribution in [-0.4, -0.2) is 28.2 Å². The van der Waals surface area contributed by atoms with E-state index in [4.69, 9.17) is 22.1 Å². The zero-order chi connectivity index (χ0) is 14.5. The molecule has 1 rings (SSSR count). The van der Waals surface area contributed by atoms with E-state index in [1.165, 1.54) is 12.1 Å². The molecule has 3 N–H and O–H groups in total. The summed E-state index contributed by atoms with van der Waals surface area (Å²) in [5.74, 6) is 0. The third kappa shape index (κ3) is 4.65. The second-order valence-corrected chi connectivity index (χ2v) is 6.24. The maximum absolute atomic E-state index is 12.0. The van der Waals surface area contributed by atoms with Crippen LogP contribution in [0.4, 0.5) is 5.69 Å². The fourth-order valence-corrected chi connectivity index (χ4v) is 2.83. The first-order chi connectivity index (χ1) is 8.88. The minimum Gasteiger partial charge on any atom is -0.397 e. The topological polar surface area (TPSA) is 81.4 Å². The molecule has 108 valence electrons. The third-order valence-corrected chi connectivity index (χ3v) is 4.48. The van der Waals surface area contributed by atoms with Crippen LogP contribution in [0.5, 0.6) is 0 Å². The molecule has 0 unspecified atom stereocenters. The smallest absolute Gasteiger partial charge is 0.240 e. The highest BCUT2D eigenvalue weighted by Crippen LogP contribution is 2.26. The molecule has 1 aromatic carbocycles. The van der Waals surface area contributed by atoms with Crippen LogP contribution in [0.25, 0.3) is 0 Å². The van der Waals surface area contributed by atoms with Crippen molar-refractivity contribution in [2.24, 2.45) is 0 Å². The molecular formula is C12H19ClN2O3S. The Morgan fingerprint density at radius 3 is 2.68 bits per heavy atom. The number of nitrogens with two attached hydrogens (primary N) is 1. The molecule has 7 heteroatoms. The number of nitrogens with one attached hydrogen (secondary N) is 1. The minimum atomic E-state index is -3.55. The molecule has 0 aliphatic rings. The molecule has 0 fully saturated rings. The molecule has 1 aromatic rings. The van der Waals surface area contributed by atoms with E-state index < -0.39 is 10.0 Å². The van der Waals surface area contributed by atoms with Crippen LogP contribution < -0.4 is 10.5 Å². The maximum Gasteiger partial charge on any atom is 0.240 e. The molecule has 0 amide bonds. The van der Waals surface area contributed by atoms with Gasteiger partial charge in [-0.2, -0.15) is 0 Å². The Labute approximate surface area is 119 Å². The second kappa shape index (κ2) is 7.09. The van der Waals surface area contributed by atoms with Crippen LogP contribution in [0.2, 0.25) is 5.02 Å². The Morgan fingerprint density at radius 2 is 2.11 bits per heavy atom. The monoisotopic (exact) mass is 306 g/mol. The van der Waals surface area contributed by atoms with Crippen LogP contribution in [0.3, 0.4) is 0 Å². The Bertz CT molecular complexity index is 509. The van der Waals surface area contributed by atoms with Crippen molar-refractivity contribution in [3.05, 3.63) is 22.7 Å². The fourth-order valence-electron chi connectivity index (χ4n) is 1.53. The highest BCUT2D eigenvalue weighted by molar-refractivity contribution is 7.89. The Morgan fingerprint density at radius 1 is 1.42 bits per heavy atom. The maximum atomic E-state index is 12.0. The summed E-state index contributed by atoms with van der Waals surface area (Å²) < 4.78 is 31.7. The number of hydrogen-bond donors (Lipinski definition) is 2. The number of aryl methyl sites for hydroxylation is 1. The number of halogens is 1. The molecule has 0 saturated heterocycles. The van der Waals surface area contributed by atoms with Crippen LogP contribution in [0.1, 0.15) is 18.9 Å². The van der Waals surface area contributed by atoms with Crippen molar-refractivity contribution in [3.63, 3.8) is 0 Å². The molecule has 0 bridgehead atoms. The predicted octanol–water partition coefficient (Wildman–Crippen LogP) is 1.94. The number of rotatable bonds is 7. The van der Waals surface area contributed by atoms with Crippen molar-refractivity contribution in [2.75, 3.05) is 25.5 Å². The van der Waals surface area contributed by atoms with E-state index in [1.807, 2.05) is 6.92 Å². The first-order valence-electron chi connectivity index (χ1n) is 6.01. The van der Waals surface area contributed by atoms with Gasteiger partial charge in [0.2, 0.25) is 10.0 Å². The van der Waals surface area contributed by atoms with Gasteiger partial charge in [0.25, 0.3) is 0 Å². The van der Waals surface area contributed by atoms with Crippen LogP contribution in [0, 0.1) is 6.92 Å². The van der Waals surface area contributed by atoms with Crippen molar-refractivity contribution >= 4 is 27.3 Å². The molecular weight excluding hydrogens is 288 g/mol. The summed E-state index contributed by atoms with van der Waals surface area (Å²) in [6, 6.07) is 2.86. The summed E-state index contributed by atoms with van der Waals surface area (Å²) in [6.45, 7) is 5.08. The molecule has 5 nitrogen and oxygen atoms in total. The first kappa shape index (κ1) is 16.2. The van der Waals surface area contributed by atoms with Crippen LogP contribution in [0.15, 0.2) is 17.0 Å². The lowest BCUT2D eigenvalue weighted by molar-refractivity contribution is 0.146. The molecule has 0 spiro atoms. The first-order valence-corrected chi connectivity index (χ1v) is 7.87. The molecule has 0 aliphatic heterocycles. The summed E-state index contributed by atoms with van der Waals surface area (Å²) >= 11 is 5.90. The summed E-state index contributed by atoms with van der Waals surface area (Å²) in [5.41, 5.74) is 6.56. The molecule has 0 aromatic heterocycles. The number of sulfonamides is 1. The van der Waals surface area contributed by atoms with E-state index in [2.05, 4.69) is 4.72 Å². The lowest BCUT2D eigenvalue weighted by atomic mass is 10.2. The SMILES string of the molecule is CCOCCCNS(=O)(=O)c1cc(C)c(Cl)c(N)c1. The number of hydrogen-bond acceptors (Lipinski definition) is 4. The van der Waals surface area contributed by atoms with E-state index in [0.717, 1.165) is 0 Å². The molecule has 0 aliphatic carbocycles. The molecule has 0 saturated carbocycles. The standard InChI is InChI=1S/C12H19ClN2O3S/c1-3-18-6-4-5-15-19(16,17)10-7-9(2)12(13)11(14)8-10/h7-8,15H,3-6,14H2,1-2H3. The van der Waals surface area contributed by atoms with E-state index >= 15 is 0 Å². The number of nitrogen functional groups attached to an aromatic ring is 1. The quantitative estimate of drug-likeness (QED) is 0.596. The van der Waals surface area contributed by atoms with E-state index in [9.17, 15) is 8.42 Å². The number of benzene rings is 1. The lowest BCUT2D eigenvalue weighted by Gasteiger charge is -2.10. The summed E-state index contributed by atoms with van der Waals surface area (Å²) in [6.07, 6.45) is 0.620. The lowest BCUT2D eigenvalue weighted by Crippen LogP contribution is -2.25. The van der Waals surface area contributed by atoms with Gasteiger partial charge in [0.15, 0.2) is 0 Å². The van der Waals surface area contributed by atoms with Gasteiger partial charge in [0.1, 0.15) is 0 Å². The fraction of sp³-hybridized carbons (Fsp3) is 0.500. The summed E-state index contributed by atoms with van der Waals surface area (Å²) in [7, 11) is -3.55.